The molecule has 0 unspecified atom stereocenters. The molecule has 0 bridgehead atoms. The third-order valence-corrected chi connectivity index (χ3v) is 3.87. The first kappa shape index (κ1) is 14.9. The van der Waals surface area contributed by atoms with E-state index in [9.17, 15) is 4.79 Å². The number of hydrogen-bond acceptors (Lipinski definition) is 4. The minimum atomic E-state index is 0.596. The Hall–Kier alpha value is -1.55. The van der Waals surface area contributed by atoms with Gasteiger partial charge in [-0.2, -0.15) is 0 Å². The molecule has 0 spiro atoms. The lowest BCUT2D eigenvalue weighted by molar-refractivity contribution is 0.112. The Bertz CT molecular complexity index is 439. The molecule has 1 saturated heterocycles. The molecule has 0 radical (unpaired) electrons. The van der Waals surface area contributed by atoms with Gasteiger partial charge in [0.1, 0.15) is 12.9 Å². The van der Waals surface area contributed by atoms with Crippen molar-refractivity contribution in [2.75, 3.05) is 33.4 Å². The number of likely N-dealkylation sites (tertiary alicyclic amines) is 1. The summed E-state index contributed by atoms with van der Waals surface area (Å²) in [6.45, 7) is 6.21. The highest BCUT2D eigenvalue weighted by molar-refractivity contribution is 5.76. The fourth-order valence-corrected chi connectivity index (χ4v) is 2.45. The van der Waals surface area contributed by atoms with E-state index in [2.05, 4.69) is 11.8 Å². The average Bonchev–Trinajstić information content (AvgIpc) is 2.49. The Balaban J connectivity index is 1.83. The molecule has 1 heterocycles. The zero-order valence-electron chi connectivity index (χ0n) is 12.3. The molecule has 1 aromatic carbocycles. The fourth-order valence-electron chi connectivity index (χ4n) is 2.45. The molecule has 1 aromatic rings. The molecule has 110 valence electrons. The van der Waals surface area contributed by atoms with Crippen molar-refractivity contribution in [2.24, 2.45) is 5.92 Å². The number of benzene rings is 1. The largest absolute Gasteiger partial charge is 0.493 e. The maximum absolute atomic E-state index is 10.7. The zero-order valence-corrected chi connectivity index (χ0v) is 12.3. The van der Waals surface area contributed by atoms with Gasteiger partial charge in [0.2, 0.25) is 0 Å². The van der Waals surface area contributed by atoms with E-state index in [0.717, 1.165) is 31.8 Å². The highest BCUT2D eigenvalue weighted by atomic mass is 16.5. The van der Waals surface area contributed by atoms with E-state index in [0.29, 0.717) is 23.7 Å². The summed E-state index contributed by atoms with van der Waals surface area (Å²) < 4.78 is 11.0. The topological polar surface area (TPSA) is 38.8 Å². The summed E-state index contributed by atoms with van der Waals surface area (Å²) in [7, 11) is 1.59. The lowest BCUT2D eigenvalue weighted by atomic mass is 9.99. The van der Waals surface area contributed by atoms with Gasteiger partial charge in [-0.05, 0) is 50.0 Å². The normalized spacial score (nSPS) is 16.9. The predicted octanol–water partition coefficient (Wildman–Crippen LogP) is 2.62. The Morgan fingerprint density at radius 2 is 2.05 bits per heavy atom. The van der Waals surface area contributed by atoms with Crippen LogP contribution in [0.5, 0.6) is 11.5 Å². The molecule has 0 aromatic heterocycles. The van der Waals surface area contributed by atoms with Crippen molar-refractivity contribution in [3.05, 3.63) is 23.8 Å². The van der Waals surface area contributed by atoms with E-state index < -0.39 is 0 Å². The van der Waals surface area contributed by atoms with Gasteiger partial charge < -0.3 is 9.47 Å². The van der Waals surface area contributed by atoms with Crippen LogP contribution in [0.2, 0.25) is 0 Å². The van der Waals surface area contributed by atoms with Gasteiger partial charge in [-0.1, -0.05) is 6.92 Å². The van der Waals surface area contributed by atoms with Crippen molar-refractivity contribution in [3.63, 3.8) is 0 Å². The standard InChI is InChI=1S/C16H23NO3/c1-13-5-7-17(8-6-13)9-10-20-15-4-3-14(12-18)11-16(15)19-2/h3-4,11-13H,5-10H2,1-2H3. The van der Waals surface area contributed by atoms with Crippen LogP contribution in [0, 0.1) is 5.92 Å². The molecule has 0 aliphatic carbocycles. The second-order valence-corrected chi connectivity index (χ2v) is 5.40. The molecule has 0 saturated carbocycles. The lowest BCUT2D eigenvalue weighted by Crippen LogP contribution is -2.35. The average molecular weight is 277 g/mol. The Labute approximate surface area is 120 Å². The van der Waals surface area contributed by atoms with Crippen molar-refractivity contribution >= 4 is 6.29 Å². The number of ether oxygens (including phenoxy) is 2. The van der Waals surface area contributed by atoms with E-state index in [4.69, 9.17) is 9.47 Å². The Morgan fingerprint density at radius 1 is 1.30 bits per heavy atom. The summed E-state index contributed by atoms with van der Waals surface area (Å²) in [5.74, 6) is 2.16. The molecule has 1 aliphatic heterocycles. The molecule has 0 N–H and O–H groups in total. The SMILES string of the molecule is COc1cc(C=O)ccc1OCCN1CCC(C)CC1. The number of carbonyl (C=O) groups excluding carboxylic acids is 1. The summed E-state index contributed by atoms with van der Waals surface area (Å²) in [4.78, 5) is 13.2. The second kappa shape index (κ2) is 7.29. The van der Waals surface area contributed by atoms with Crippen LogP contribution >= 0.6 is 0 Å². The molecule has 0 atom stereocenters. The van der Waals surface area contributed by atoms with Gasteiger partial charge in [0, 0.05) is 12.1 Å². The maximum Gasteiger partial charge on any atom is 0.161 e. The molecular formula is C16H23NO3. The Kier molecular flexibility index (Phi) is 5.41. The quantitative estimate of drug-likeness (QED) is 0.749. The van der Waals surface area contributed by atoms with Gasteiger partial charge in [0.05, 0.1) is 7.11 Å². The third kappa shape index (κ3) is 3.97. The number of rotatable bonds is 6. The molecule has 2 rings (SSSR count). The summed E-state index contributed by atoms with van der Waals surface area (Å²) in [5.41, 5.74) is 0.596. The maximum atomic E-state index is 10.7. The minimum absolute atomic E-state index is 0.596. The van der Waals surface area contributed by atoms with Crippen molar-refractivity contribution in [1.29, 1.82) is 0 Å². The van der Waals surface area contributed by atoms with Gasteiger partial charge >= 0.3 is 0 Å². The molecule has 0 amide bonds. The van der Waals surface area contributed by atoms with Crippen LogP contribution < -0.4 is 9.47 Å². The van der Waals surface area contributed by atoms with E-state index in [-0.39, 0.29) is 0 Å². The number of aldehydes is 1. The van der Waals surface area contributed by atoms with E-state index in [1.165, 1.54) is 12.8 Å². The van der Waals surface area contributed by atoms with Crippen molar-refractivity contribution in [3.8, 4) is 11.5 Å². The van der Waals surface area contributed by atoms with Crippen molar-refractivity contribution < 1.29 is 14.3 Å². The number of nitrogens with zero attached hydrogens (tertiary/aromatic N) is 1. The number of hydrogen-bond donors (Lipinski definition) is 0. The van der Waals surface area contributed by atoms with Crippen LogP contribution in [0.15, 0.2) is 18.2 Å². The smallest absolute Gasteiger partial charge is 0.161 e. The van der Waals surface area contributed by atoms with Crippen molar-refractivity contribution in [1.82, 2.24) is 4.90 Å². The molecular weight excluding hydrogens is 254 g/mol. The predicted molar refractivity (Wildman–Crippen MR) is 78.7 cm³/mol. The molecule has 1 fully saturated rings. The van der Waals surface area contributed by atoms with Crippen molar-refractivity contribution in [2.45, 2.75) is 19.8 Å². The first-order valence-electron chi connectivity index (χ1n) is 7.21. The van der Waals surface area contributed by atoms with E-state index in [1.807, 2.05) is 0 Å². The number of carbonyl (C=O) groups is 1. The van der Waals surface area contributed by atoms with Gasteiger partial charge in [0.15, 0.2) is 11.5 Å². The second-order valence-electron chi connectivity index (χ2n) is 5.40. The Morgan fingerprint density at radius 3 is 2.70 bits per heavy atom. The monoisotopic (exact) mass is 277 g/mol. The third-order valence-electron chi connectivity index (χ3n) is 3.87. The van der Waals surface area contributed by atoms with E-state index in [1.54, 1.807) is 25.3 Å². The van der Waals surface area contributed by atoms with Crippen LogP contribution in [0.4, 0.5) is 0 Å². The molecule has 1 aliphatic rings. The van der Waals surface area contributed by atoms with Gasteiger partial charge in [-0.3, -0.25) is 9.69 Å². The fraction of sp³-hybridized carbons (Fsp3) is 0.562. The number of methoxy groups -OCH3 is 1. The van der Waals surface area contributed by atoms with Crippen LogP contribution in [-0.2, 0) is 0 Å². The zero-order chi connectivity index (χ0) is 14.4. The minimum Gasteiger partial charge on any atom is -0.493 e. The van der Waals surface area contributed by atoms with Crippen LogP contribution in [0.1, 0.15) is 30.1 Å². The van der Waals surface area contributed by atoms with Crippen LogP contribution in [-0.4, -0.2) is 44.5 Å². The molecule has 4 nitrogen and oxygen atoms in total. The van der Waals surface area contributed by atoms with Gasteiger partial charge in [-0.25, -0.2) is 0 Å². The highest BCUT2D eigenvalue weighted by Gasteiger charge is 2.15. The highest BCUT2D eigenvalue weighted by Crippen LogP contribution is 2.27. The number of piperidine rings is 1. The lowest BCUT2D eigenvalue weighted by Gasteiger charge is -2.30. The van der Waals surface area contributed by atoms with Crippen LogP contribution in [0.25, 0.3) is 0 Å². The van der Waals surface area contributed by atoms with E-state index >= 15 is 0 Å². The summed E-state index contributed by atoms with van der Waals surface area (Å²) in [6, 6.07) is 5.24. The van der Waals surface area contributed by atoms with Gasteiger partial charge in [-0.15, -0.1) is 0 Å². The first-order chi connectivity index (χ1) is 9.72. The van der Waals surface area contributed by atoms with Crippen LogP contribution in [0.3, 0.4) is 0 Å². The summed E-state index contributed by atoms with van der Waals surface area (Å²) >= 11 is 0. The first-order valence-corrected chi connectivity index (χ1v) is 7.21. The summed E-state index contributed by atoms with van der Waals surface area (Å²) in [5, 5.41) is 0. The van der Waals surface area contributed by atoms with Gasteiger partial charge in [0.25, 0.3) is 0 Å². The molecule has 4 heteroatoms. The summed E-state index contributed by atoms with van der Waals surface area (Å²) in [6.07, 6.45) is 3.36. The molecule has 20 heavy (non-hydrogen) atoms.